The molecule has 3 nitrogen and oxygen atoms in total. The van der Waals surface area contributed by atoms with Crippen molar-refractivity contribution < 1.29 is 9.53 Å². The third kappa shape index (κ3) is 1.98. The van der Waals surface area contributed by atoms with E-state index in [0.29, 0.717) is 6.10 Å². The van der Waals surface area contributed by atoms with Gasteiger partial charge >= 0.3 is 0 Å². The largest absolute Gasteiger partial charge is 0.376 e. The molecule has 17 heavy (non-hydrogen) atoms. The summed E-state index contributed by atoms with van der Waals surface area (Å²) in [6.45, 7) is 1.76. The summed E-state index contributed by atoms with van der Waals surface area (Å²) in [7, 11) is 0. The Morgan fingerprint density at radius 1 is 1.41 bits per heavy atom. The van der Waals surface area contributed by atoms with Crippen molar-refractivity contribution in [2.45, 2.75) is 25.5 Å². The Morgan fingerprint density at radius 3 is 3.12 bits per heavy atom. The van der Waals surface area contributed by atoms with Crippen LogP contribution in [-0.2, 0) is 11.3 Å². The molecule has 88 valence electrons. The van der Waals surface area contributed by atoms with Crippen molar-refractivity contribution in [2.75, 3.05) is 6.61 Å². The van der Waals surface area contributed by atoms with Gasteiger partial charge < -0.3 is 9.30 Å². The lowest BCUT2D eigenvalue weighted by molar-refractivity contribution is 0.0980. The van der Waals surface area contributed by atoms with Crippen LogP contribution in [0.15, 0.2) is 30.5 Å². The Balaban J connectivity index is 1.94. The van der Waals surface area contributed by atoms with Gasteiger partial charge in [-0.3, -0.25) is 4.79 Å². The number of carbonyl (C=O) groups excluding carboxylic acids is 1. The molecule has 1 fully saturated rings. The molecule has 1 atom stereocenters. The van der Waals surface area contributed by atoms with Gasteiger partial charge in [0.2, 0.25) is 0 Å². The zero-order chi connectivity index (χ0) is 11.7. The lowest BCUT2D eigenvalue weighted by Gasteiger charge is -2.11. The molecular weight excluding hydrogens is 214 g/mol. The van der Waals surface area contributed by atoms with Gasteiger partial charge in [-0.25, -0.2) is 0 Å². The highest BCUT2D eigenvalue weighted by molar-refractivity contribution is 5.87. The first-order valence-electron chi connectivity index (χ1n) is 6.02. The maximum Gasteiger partial charge on any atom is 0.150 e. The molecule has 1 aliphatic rings. The van der Waals surface area contributed by atoms with Crippen LogP contribution in [0.5, 0.6) is 0 Å². The molecule has 2 heterocycles. The average Bonchev–Trinajstić information content (AvgIpc) is 2.99. The quantitative estimate of drug-likeness (QED) is 0.758. The van der Waals surface area contributed by atoms with E-state index < -0.39 is 0 Å². The summed E-state index contributed by atoms with van der Waals surface area (Å²) in [5.74, 6) is 0. The summed E-state index contributed by atoms with van der Waals surface area (Å²) in [5.41, 5.74) is 1.84. The molecule has 1 aromatic heterocycles. The molecule has 3 heteroatoms. The van der Waals surface area contributed by atoms with Crippen LogP contribution in [0.1, 0.15) is 23.2 Å². The predicted molar refractivity (Wildman–Crippen MR) is 66.3 cm³/mol. The molecule has 1 aromatic carbocycles. The Hall–Kier alpha value is -1.61. The van der Waals surface area contributed by atoms with Gasteiger partial charge in [0.1, 0.15) is 6.29 Å². The van der Waals surface area contributed by atoms with Crippen molar-refractivity contribution in [3.05, 3.63) is 36.0 Å². The third-order valence-electron chi connectivity index (χ3n) is 3.36. The smallest absolute Gasteiger partial charge is 0.150 e. The van der Waals surface area contributed by atoms with Gasteiger partial charge in [0.05, 0.1) is 6.10 Å². The number of aldehydes is 1. The second-order valence-electron chi connectivity index (χ2n) is 4.54. The highest BCUT2D eigenvalue weighted by Crippen LogP contribution is 2.20. The first-order chi connectivity index (χ1) is 8.36. The lowest BCUT2D eigenvalue weighted by Crippen LogP contribution is -2.14. The molecule has 0 radical (unpaired) electrons. The predicted octanol–water partition coefficient (Wildman–Crippen LogP) is 2.63. The second kappa shape index (κ2) is 4.34. The van der Waals surface area contributed by atoms with Crippen molar-refractivity contribution in [1.29, 1.82) is 0 Å². The summed E-state index contributed by atoms with van der Waals surface area (Å²) in [5, 5.41) is 1.17. The number of rotatable bonds is 3. The Labute approximate surface area is 100.0 Å². The van der Waals surface area contributed by atoms with Gasteiger partial charge in [0, 0.05) is 30.4 Å². The van der Waals surface area contributed by atoms with Crippen LogP contribution in [0.3, 0.4) is 0 Å². The molecule has 0 bridgehead atoms. The van der Waals surface area contributed by atoms with Gasteiger partial charge in [-0.05, 0) is 30.4 Å². The molecule has 0 saturated carbocycles. The van der Waals surface area contributed by atoms with Crippen molar-refractivity contribution in [3.8, 4) is 0 Å². The van der Waals surface area contributed by atoms with Crippen molar-refractivity contribution >= 4 is 17.2 Å². The standard InChI is InChI=1S/C14H15NO2/c16-10-11-3-4-12-5-6-15(14(12)8-11)9-13-2-1-7-17-13/h3-6,8,10,13H,1-2,7,9H2. The van der Waals surface area contributed by atoms with E-state index in [-0.39, 0.29) is 0 Å². The maximum atomic E-state index is 10.8. The molecule has 1 saturated heterocycles. The molecule has 0 aliphatic carbocycles. The van der Waals surface area contributed by atoms with Crippen LogP contribution in [0, 0.1) is 0 Å². The Kier molecular flexibility index (Phi) is 2.69. The lowest BCUT2D eigenvalue weighted by atomic mass is 10.2. The zero-order valence-corrected chi connectivity index (χ0v) is 9.63. The molecular formula is C14H15NO2. The van der Waals surface area contributed by atoms with Crippen LogP contribution >= 0.6 is 0 Å². The van der Waals surface area contributed by atoms with E-state index in [1.54, 1.807) is 0 Å². The highest BCUT2D eigenvalue weighted by atomic mass is 16.5. The van der Waals surface area contributed by atoms with E-state index in [4.69, 9.17) is 4.74 Å². The Morgan fingerprint density at radius 2 is 2.35 bits per heavy atom. The third-order valence-corrected chi connectivity index (χ3v) is 3.36. The van der Waals surface area contributed by atoms with Crippen LogP contribution in [0.2, 0.25) is 0 Å². The summed E-state index contributed by atoms with van der Waals surface area (Å²) in [4.78, 5) is 10.8. The topological polar surface area (TPSA) is 31.2 Å². The number of hydrogen-bond acceptors (Lipinski definition) is 2. The molecule has 2 aromatic rings. The fourth-order valence-corrected chi connectivity index (χ4v) is 2.44. The van der Waals surface area contributed by atoms with Gasteiger partial charge in [-0.1, -0.05) is 12.1 Å². The average molecular weight is 229 g/mol. The van der Waals surface area contributed by atoms with Gasteiger partial charge in [0.15, 0.2) is 0 Å². The fraction of sp³-hybridized carbons (Fsp3) is 0.357. The van der Waals surface area contributed by atoms with Gasteiger partial charge in [-0.2, -0.15) is 0 Å². The molecule has 0 spiro atoms. The highest BCUT2D eigenvalue weighted by Gasteiger charge is 2.16. The van der Waals surface area contributed by atoms with E-state index in [1.807, 2.05) is 18.2 Å². The van der Waals surface area contributed by atoms with Crippen LogP contribution in [0.25, 0.3) is 10.9 Å². The molecule has 1 aliphatic heterocycles. The number of carbonyl (C=O) groups is 1. The normalized spacial score (nSPS) is 19.9. The van der Waals surface area contributed by atoms with Crippen molar-refractivity contribution in [2.24, 2.45) is 0 Å². The molecule has 1 unspecified atom stereocenters. The minimum atomic E-state index is 0.325. The number of fused-ring (bicyclic) bond motifs is 1. The first kappa shape index (κ1) is 10.5. The molecule has 0 N–H and O–H groups in total. The SMILES string of the molecule is O=Cc1ccc2ccn(CC3CCCO3)c2c1. The number of hydrogen-bond donors (Lipinski definition) is 0. The number of nitrogens with zero attached hydrogens (tertiary/aromatic N) is 1. The van der Waals surface area contributed by atoms with Gasteiger partial charge in [-0.15, -0.1) is 0 Å². The van der Waals surface area contributed by atoms with E-state index in [2.05, 4.69) is 16.8 Å². The number of ether oxygens (including phenoxy) is 1. The van der Waals surface area contributed by atoms with E-state index >= 15 is 0 Å². The monoisotopic (exact) mass is 229 g/mol. The summed E-state index contributed by atoms with van der Waals surface area (Å²) >= 11 is 0. The molecule has 3 rings (SSSR count). The first-order valence-corrected chi connectivity index (χ1v) is 6.02. The minimum Gasteiger partial charge on any atom is -0.376 e. The van der Waals surface area contributed by atoms with Crippen molar-refractivity contribution in [3.63, 3.8) is 0 Å². The minimum absolute atomic E-state index is 0.325. The summed E-state index contributed by atoms with van der Waals surface area (Å²) in [6.07, 6.45) is 5.57. The summed E-state index contributed by atoms with van der Waals surface area (Å²) < 4.78 is 7.82. The zero-order valence-electron chi connectivity index (χ0n) is 9.63. The second-order valence-corrected chi connectivity index (χ2v) is 4.54. The van der Waals surface area contributed by atoms with E-state index in [9.17, 15) is 4.79 Å². The number of aromatic nitrogens is 1. The van der Waals surface area contributed by atoms with Crippen molar-refractivity contribution in [1.82, 2.24) is 4.57 Å². The summed E-state index contributed by atoms with van der Waals surface area (Å²) in [6, 6.07) is 7.87. The molecule has 0 amide bonds. The maximum absolute atomic E-state index is 10.8. The van der Waals surface area contributed by atoms with Crippen LogP contribution in [-0.4, -0.2) is 23.6 Å². The van der Waals surface area contributed by atoms with Gasteiger partial charge in [0.25, 0.3) is 0 Å². The number of benzene rings is 1. The van der Waals surface area contributed by atoms with E-state index in [0.717, 1.165) is 43.4 Å². The fourth-order valence-electron chi connectivity index (χ4n) is 2.44. The van der Waals surface area contributed by atoms with Crippen LogP contribution in [0.4, 0.5) is 0 Å². The Bertz CT molecular complexity index is 538. The van der Waals surface area contributed by atoms with E-state index in [1.165, 1.54) is 5.39 Å². The van der Waals surface area contributed by atoms with Crippen LogP contribution < -0.4 is 0 Å².